The molecule has 2 atom stereocenters. The van der Waals surface area contributed by atoms with Gasteiger partial charge in [0.25, 0.3) is 0 Å². The maximum absolute atomic E-state index is 3.69. The molecule has 0 aliphatic heterocycles. The van der Waals surface area contributed by atoms with E-state index in [1.165, 1.54) is 31.2 Å². The van der Waals surface area contributed by atoms with E-state index in [-0.39, 0.29) is 0 Å². The van der Waals surface area contributed by atoms with Crippen LogP contribution in [0.2, 0.25) is 0 Å². The van der Waals surface area contributed by atoms with Gasteiger partial charge in [0, 0.05) is 4.83 Å². The summed E-state index contributed by atoms with van der Waals surface area (Å²) in [6.07, 6.45) is 5.45. The van der Waals surface area contributed by atoms with Crippen molar-refractivity contribution in [3.63, 3.8) is 0 Å². The highest BCUT2D eigenvalue weighted by Gasteiger charge is 2.22. The Hall–Kier alpha value is 0.180. The lowest BCUT2D eigenvalue weighted by atomic mass is 10.0. The third-order valence-electron chi connectivity index (χ3n) is 2.58. The number of thiophene rings is 1. The zero-order chi connectivity index (χ0) is 8.39. The number of hydrogen-bond acceptors (Lipinski definition) is 1. The van der Waals surface area contributed by atoms with Crippen molar-refractivity contribution < 1.29 is 0 Å². The third-order valence-corrected chi connectivity index (χ3v) is 4.15. The first-order valence-corrected chi connectivity index (χ1v) is 6.35. The monoisotopic (exact) mass is 244 g/mol. The van der Waals surface area contributed by atoms with Crippen molar-refractivity contribution >= 4 is 27.3 Å². The van der Waals surface area contributed by atoms with Crippen LogP contribution in [-0.4, -0.2) is 4.83 Å². The molecule has 1 fully saturated rings. The Balaban J connectivity index is 1.88. The molecule has 2 heteroatoms. The molecule has 0 aromatic carbocycles. The molecule has 0 radical (unpaired) electrons. The summed E-state index contributed by atoms with van der Waals surface area (Å²) >= 11 is 5.50. The SMILES string of the molecule is BrC1CCC(Cc2ccsc2)C1. The summed E-state index contributed by atoms with van der Waals surface area (Å²) in [5, 5.41) is 4.46. The molecule has 2 rings (SSSR count). The topological polar surface area (TPSA) is 0 Å². The van der Waals surface area contributed by atoms with Crippen LogP contribution >= 0.6 is 27.3 Å². The van der Waals surface area contributed by atoms with Crippen LogP contribution < -0.4 is 0 Å². The van der Waals surface area contributed by atoms with Gasteiger partial charge in [-0.3, -0.25) is 0 Å². The zero-order valence-corrected chi connectivity index (χ0v) is 9.40. The Morgan fingerprint density at radius 1 is 1.50 bits per heavy atom. The van der Waals surface area contributed by atoms with Gasteiger partial charge in [-0.05, 0) is 54.0 Å². The van der Waals surface area contributed by atoms with Crippen LogP contribution in [0.15, 0.2) is 16.8 Å². The van der Waals surface area contributed by atoms with Gasteiger partial charge >= 0.3 is 0 Å². The van der Waals surface area contributed by atoms with Gasteiger partial charge in [-0.1, -0.05) is 15.9 Å². The minimum absolute atomic E-state index is 0.793. The minimum Gasteiger partial charge on any atom is -0.152 e. The summed E-state index contributed by atoms with van der Waals surface area (Å²) in [6.45, 7) is 0. The van der Waals surface area contributed by atoms with Gasteiger partial charge in [0.15, 0.2) is 0 Å². The van der Waals surface area contributed by atoms with E-state index in [2.05, 4.69) is 32.8 Å². The Morgan fingerprint density at radius 3 is 3.00 bits per heavy atom. The Morgan fingerprint density at radius 2 is 2.42 bits per heavy atom. The number of hydrogen-bond donors (Lipinski definition) is 0. The first kappa shape index (κ1) is 8.76. The average molecular weight is 245 g/mol. The molecule has 1 aromatic rings. The number of halogens is 1. The highest BCUT2D eigenvalue weighted by Crippen LogP contribution is 2.33. The predicted molar refractivity (Wildman–Crippen MR) is 58.1 cm³/mol. The summed E-state index contributed by atoms with van der Waals surface area (Å²) < 4.78 is 0. The van der Waals surface area contributed by atoms with Crippen LogP contribution in [0.3, 0.4) is 0 Å². The Kier molecular flexibility index (Phi) is 2.87. The van der Waals surface area contributed by atoms with Crippen molar-refractivity contribution in [1.82, 2.24) is 0 Å². The quantitative estimate of drug-likeness (QED) is 0.694. The van der Waals surface area contributed by atoms with Gasteiger partial charge in [0.05, 0.1) is 0 Å². The van der Waals surface area contributed by atoms with Gasteiger partial charge in [0.1, 0.15) is 0 Å². The molecule has 66 valence electrons. The fourth-order valence-corrected chi connectivity index (χ4v) is 3.42. The molecular weight excluding hydrogens is 232 g/mol. The molecule has 0 amide bonds. The smallest absolute Gasteiger partial charge is 0.0148 e. The highest BCUT2D eigenvalue weighted by molar-refractivity contribution is 9.09. The molecule has 1 aliphatic rings. The molecule has 1 aliphatic carbocycles. The molecule has 12 heavy (non-hydrogen) atoms. The molecule has 0 N–H and O–H groups in total. The van der Waals surface area contributed by atoms with Gasteiger partial charge in [0.2, 0.25) is 0 Å². The second-order valence-corrected chi connectivity index (χ2v) is 5.69. The van der Waals surface area contributed by atoms with E-state index in [9.17, 15) is 0 Å². The first-order valence-electron chi connectivity index (χ1n) is 4.50. The standard InChI is InChI=1S/C10H13BrS/c11-10-2-1-8(6-10)5-9-3-4-12-7-9/h3-4,7-8,10H,1-2,5-6H2. The van der Waals surface area contributed by atoms with Crippen LogP contribution in [-0.2, 0) is 6.42 Å². The van der Waals surface area contributed by atoms with E-state index in [1.807, 2.05) is 11.3 Å². The van der Waals surface area contributed by atoms with Crippen molar-refractivity contribution in [3.05, 3.63) is 22.4 Å². The van der Waals surface area contributed by atoms with Gasteiger partial charge in [-0.2, -0.15) is 11.3 Å². The van der Waals surface area contributed by atoms with Crippen LogP contribution in [0.4, 0.5) is 0 Å². The lowest BCUT2D eigenvalue weighted by Gasteiger charge is -2.06. The normalized spacial score (nSPS) is 29.4. The summed E-state index contributed by atoms with van der Waals surface area (Å²) in [5.74, 6) is 0.934. The molecular formula is C10H13BrS. The lowest BCUT2D eigenvalue weighted by molar-refractivity contribution is 0.549. The molecule has 0 saturated heterocycles. The Bertz CT molecular complexity index is 230. The molecule has 0 nitrogen and oxygen atoms in total. The maximum atomic E-state index is 3.69. The maximum Gasteiger partial charge on any atom is 0.0148 e. The van der Waals surface area contributed by atoms with Gasteiger partial charge < -0.3 is 0 Å². The number of rotatable bonds is 2. The van der Waals surface area contributed by atoms with Crippen LogP contribution in [0.25, 0.3) is 0 Å². The molecule has 1 heterocycles. The molecule has 1 saturated carbocycles. The summed E-state index contributed by atoms with van der Waals surface area (Å²) in [5.41, 5.74) is 1.53. The van der Waals surface area contributed by atoms with Crippen molar-refractivity contribution in [2.24, 2.45) is 5.92 Å². The summed E-state index contributed by atoms with van der Waals surface area (Å²) in [7, 11) is 0. The fraction of sp³-hybridized carbons (Fsp3) is 0.600. The van der Waals surface area contributed by atoms with Gasteiger partial charge in [-0.15, -0.1) is 0 Å². The van der Waals surface area contributed by atoms with E-state index in [4.69, 9.17) is 0 Å². The van der Waals surface area contributed by atoms with Crippen molar-refractivity contribution in [2.75, 3.05) is 0 Å². The predicted octanol–water partition coefficient (Wildman–Crippen LogP) is 3.85. The van der Waals surface area contributed by atoms with E-state index in [0.717, 1.165) is 10.7 Å². The Labute approximate surface area is 86.1 Å². The first-order chi connectivity index (χ1) is 5.84. The molecule has 0 bridgehead atoms. The van der Waals surface area contributed by atoms with Crippen LogP contribution in [0.1, 0.15) is 24.8 Å². The van der Waals surface area contributed by atoms with Crippen molar-refractivity contribution in [1.29, 1.82) is 0 Å². The van der Waals surface area contributed by atoms with E-state index < -0.39 is 0 Å². The average Bonchev–Trinajstić information content (AvgIpc) is 2.63. The van der Waals surface area contributed by atoms with Crippen LogP contribution in [0, 0.1) is 5.92 Å². The van der Waals surface area contributed by atoms with Crippen LogP contribution in [0.5, 0.6) is 0 Å². The molecule has 2 unspecified atom stereocenters. The third kappa shape index (κ3) is 2.11. The zero-order valence-electron chi connectivity index (χ0n) is 7.00. The van der Waals surface area contributed by atoms with Crippen molar-refractivity contribution in [3.8, 4) is 0 Å². The number of alkyl halides is 1. The molecule has 0 spiro atoms. The largest absolute Gasteiger partial charge is 0.152 e. The van der Waals surface area contributed by atoms with E-state index in [1.54, 1.807) is 0 Å². The molecule has 1 aromatic heterocycles. The lowest BCUT2D eigenvalue weighted by Crippen LogP contribution is -1.98. The highest BCUT2D eigenvalue weighted by atomic mass is 79.9. The van der Waals surface area contributed by atoms with E-state index >= 15 is 0 Å². The second-order valence-electron chi connectivity index (χ2n) is 3.61. The minimum atomic E-state index is 0.793. The van der Waals surface area contributed by atoms with Gasteiger partial charge in [-0.25, -0.2) is 0 Å². The van der Waals surface area contributed by atoms with Crippen molar-refractivity contribution in [2.45, 2.75) is 30.5 Å². The summed E-state index contributed by atoms with van der Waals surface area (Å²) in [6, 6.07) is 2.26. The fourth-order valence-electron chi connectivity index (χ4n) is 1.94. The summed E-state index contributed by atoms with van der Waals surface area (Å²) in [4.78, 5) is 0.793. The second kappa shape index (κ2) is 3.93. The van der Waals surface area contributed by atoms with E-state index in [0.29, 0.717) is 0 Å².